The second-order valence-electron chi connectivity index (χ2n) is 5.12. The number of amides is 1. The smallest absolute Gasteiger partial charge is 0.283 e. The van der Waals surface area contributed by atoms with Gasteiger partial charge in [-0.3, -0.25) is 15.2 Å². The molecule has 0 saturated carbocycles. The van der Waals surface area contributed by atoms with Gasteiger partial charge in [0, 0.05) is 18.0 Å². The second-order valence-corrected chi connectivity index (χ2v) is 6.07. The van der Waals surface area contributed by atoms with E-state index in [2.05, 4.69) is 15.1 Å². The minimum atomic E-state index is -0.476. The van der Waals surface area contributed by atoms with Crippen molar-refractivity contribution in [3.8, 4) is 0 Å². The molecule has 0 fully saturated rings. The Labute approximate surface area is 141 Å². The van der Waals surface area contributed by atoms with Gasteiger partial charge in [0.1, 0.15) is 16.6 Å². The lowest BCUT2D eigenvalue weighted by molar-refractivity contribution is -0.114. The molecule has 0 spiro atoms. The SMILES string of the molecule is Cc1ccc(/C=C2/C(=N)N3N=C(c4cccnc4)SC3=NC2=O)o1. The highest BCUT2D eigenvalue weighted by molar-refractivity contribution is 8.27. The second kappa shape index (κ2) is 5.57. The van der Waals surface area contributed by atoms with Crippen molar-refractivity contribution in [2.75, 3.05) is 0 Å². The Morgan fingerprint density at radius 3 is 2.92 bits per heavy atom. The quantitative estimate of drug-likeness (QED) is 0.850. The van der Waals surface area contributed by atoms with E-state index >= 15 is 0 Å². The van der Waals surface area contributed by atoms with Crippen LogP contribution >= 0.6 is 11.8 Å². The van der Waals surface area contributed by atoms with Gasteiger partial charge in [0.25, 0.3) is 5.91 Å². The van der Waals surface area contributed by atoms with Crippen LogP contribution in [0.1, 0.15) is 17.1 Å². The Morgan fingerprint density at radius 1 is 1.33 bits per heavy atom. The van der Waals surface area contributed by atoms with Crippen molar-refractivity contribution < 1.29 is 9.21 Å². The zero-order valence-corrected chi connectivity index (χ0v) is 13.4. The molecule has 24 heavy (non-hydrogen) atoms. The molecule has 7 nitrogen and oxygen atoms in total. The predicted molar refractivity (Wildman–Crippen MR) is 91.8 cm³/mol. The summed E-state index contributed by atoms with van der Waals surface area (Å²) in [5.41, 5.74) is 0.955. The first kappa shape index (κ1) is 14.6. The number of nitrogens with one attached hydrogen (secondary N) is 1. The van der Waals surface area contributed by atoms with E-state index in [1.54, 1.807) is 30.6 Å². The Balaban J connectivity index is 1.70. The van der Waals surface area contributed by atoms with Gasteiger partial charge in [-0.2, -0.15) is 15.1 Å². The standard InChI is InChI=1S/C16H11N5O2S/c1-9-4-5-11(23-9)7-12-13(17)21-16(19-14(12)22)24-15(20-21)10-3-2-6-18-8-10/h2-8,17H,1H3/b12-7-,17-13?. The Hall–Kier alpha value is -3.00. The minimum Gasteiger partial charge on any atom is -0.462 e. The first-order valence-electron chi connectivity index (χ1n) is 7.09. The normalized spacial score (nSPS) is 18.7. The number of hydrogen-bond donors (Lipinski definition) is 1. The first-order valence-corrected chi connectivity index (χ1v) is 7.90. The van der Waals surface area contributed by atoms with Crippen LogP contribution in [0.15, 0.2) is 56.7 Å². The average Bonchev–Trinajstić information content (AvgIpc) is 3.18. The van der Waals surface area contributed by atoms with Crippen LogP contribution < -0.4 is 0 Å². The number of aliphatic imine (C=N–C) groups is 1. The van der Waals surface area contributed by atoms with Crippen molar-refractivity contribution >= 4 is 39.8 Å². The van der Waals surface area contributed by atoms with E-state index in [1.807, 2.05) is 13.0 Å². The predicted octanol–water partition coefficient (Wildman–Crippen LogP) is 2.65. The van der Waals surface area contributed by atoms with Crippen LogP contribution in [0.25, 0.3) is 6.08 Å². The van der Waals surface area contributed by atoms with Crippen molar-refractivity contribution in [1.29, 1.82) is 5.41 Å². The summed E-state index contributed by atoms with van der Waals surface area (Å²) >= 11 is 1.24. The summed E-state index contributed by atoms with van der Waals surface area (Å²) in [4.78, 5) is 20.4. The van der Waals surface area contributed by atoms with Crippen LogP contribution in [0.5, 0.6) is 0 Å². The molecule has 0 radical (unpaired) electrons. The molecule has 2 aromatic rings. The maximum Gasteiger partial charge on any atom is 0.283 e. The lowest BCUT2D eigenvalue weighted by Gasteiger charge is -2.19. The number of rotatable bonds is 2. The molecule has 0 aromatic carbocycles. The van der Waals surface area contributed by atoms with Gasteiger partial charge in [-0.05, 0) is 49.0 Å². The molecule has 4 rings (SSSR count). The molecule has 8 heteroatoms. The van der Waals surface area contributed by atoms with Gasteiger partial charge in [-0.25, -0.2) is 0 Å². The summed E-state index contributed by atoms with van der Waals surface area (Å²) in [5, 5.41) is 15.1. The van der Waals surface area contributed by atoms with Crippen molar-refractivity contribution in [1.82, 2.24) is 9.99 Å². The molecule has 2 aromatic heterocycles. The maximum absolute atomic E-state index is 12.3. The highest BCUT2D eigenvalue weighted by Gasteiger charge is 2.36. The highest BCUT2D eigenvalue weighted by atomic mass is 32.2. The number of furan rings is 1. The van der Waals surface area contributed by atoms with Crippen molar-refractivity contribution in [3.63, 3.8) is 0 Å². The topological polar surface area (TPSA) is 94.9 Å². The maximum atomic E-state index is 12.3. The fourth-order valence-corrected chi connectivity index (χ4v) is 3.15. The van der Waals surface area contributed by atoms with E-state index in [1.165, 1.54) is 22.8 Å². The summed E-state index contributed by atoms with van der Waals surface area (Å²) < 4.78 is 5.44. The number of aromatic nitrogens is 1. The molecular formula is C16H11N5O2S. The lowest BCUT2D eigenvalue weighted by atomic mass is 10.1. The van der Waals surface area contributed by atoms with Crippen LogP contribution in [0, 0.1) is 12.3 Å². The number of carbonyl (C=O) groups excluding carboxylic acids is 1. The van der Waals surface area contributed by atoms with Gasteiger partial charge >= 0.3 is 0 Å². The summed E-state index contributed by atoms with van der Waals surface area (Å²) in [6, 6.07) is 7.21. The van der Waals surface area contributed by atoms with Gasteiger partial charge in [-0.15, -0.1) is 0 Å². The number of pyridine rings is 1. The summed E-state index contributed by atoms with van der Waals surface area (Å²) in [6.07, 6.45) is 4.87. The average molecular weight is 337 g/mol. The molecule has 0 aliphatic carbocycles. The van der Waals surface area contributed by atoms with E-state index in [0.717, 1.165) is 11.3 Å². The number of hydrazone groups is 1. The van der Waals surface area contributed by atoms with Crippen molar-refractivity contribution in [2.45, 2.75) is 6.92 Å². The number of aryl methyl sites for hydroxylation is 1. The third-order valence-corrected chi connectivity index (χ3v) is 4.37. The van der Waals surface area contributed by atoms with Crippen LogP contribution in [-0.2, 0) is 4.79 Å². The first-order chi connectivity index (χ1) is 11.6. The molecule has 118 valence electrons. The summed E-state index contributed by atoms with van der Waals surface area (Å²) in [7, 11) is 0. The molecule has 0 atom stereocenters. The van der Waals surface area contributed by atoms with E-state index in [-0.39, 0.29) is 11.4 Å². The lowest BCUT2D eigenvalue weighted by Crippen LogP contribution is -2.35. The van der Waals surface area contributed by atoms with E-state index in [0.29, 0.717) is 16.0 Å². The van der Waals surface area contributed by atoms with E-state index in [9.17, 15) is 4.79 Å². The Kier molecular flexibility index (Phi) is 3.39. The number of fused-ring (bicyclic) bond motifs is 1. The Morgan fingerprint density at radius 2 is 2.21 bits per heavy atom. The molecular weight excluding hydrogens is 326 g/mol. The van der Waals surface area contributed by atoms with E-state index in [4.69, 9.17) is 9.83 Å². The molecule has 2 aliphatic rings. The third kappa shape index (κ3) is 2.46. The molecule has 1 amide bonds. The van der Waals surface area contributed by atoms with Crippen LogP contribution in [0.4, 0.5) is 0 Å². The molecule has 1 N–H and O–H groups in total. The molecule has 2 aliphatic heterocycles. The van der Waals surface area contributed by atoms with Gasteiger partial charge in [0.05, 0.1) is 5.57 Å². The fraction of sp³-hybridized carbons (Fsp3) is 0.0625. The van der Waals surface area contributed by atoms with Crippen LogP contribution in [0.2, 0.25) is 0 Å². The highest BCUT2D eigenvalue weighted by Crippen LogP contribution is 2.30. The molecule has 0 unspecified atom stereocenters. The number of carbonyl (C=O) groups is 1. The summed E-state index contributed by atoms with van der Waals surface area (Å²) in [6.45, 7) is 1.81. The minimum absolute atomic E-state index is 0.0227. The van der Waals surface area contributed by atoms with Crippen LogP contribution in [-0.4, -0.2) is 31.9 Å². The van der Waals surface area contributed by atoms with Gasteiger partial charge in [0.15, 0.2) is 5.84 Å². The van der Waals surface area contributed by atoms with Crippen molar-refractivity contribution in [3.05, 3.63) is 59.3 Å². The van der Waals surface area contributed by atoms with E-state index < -0.39 is 5.91 Å². The summed E-state index contributed by atoms with van der Waals surface area (Å²) in [5.74, 6) is 0.734. The molecule has 0 bridgehead atoms. The largest absolute Gasteiger partial charge is 0.462 e. The molecule has 4 heterocycles. The number of nitrogens with zero attached hydrogens (tertiary/aromatic N) is 4. The van der Waals surface area contributed by atoms with Crippen molar-refractivity contribution in [2.24, 2.45) is 10.1 Å². The zero-order valence-electron chi connectivity index (χ0n) is 12.6. The number of amidine groups is 2. The van der Waals surface area contributed by atoms with Gasteiger partial charge in [-0.1, -0.05) is 0 Å². The number of hydrogen-bond acceptors (Lipinski definition) is 6. The molecule has 0 saturated heterocycles. The Bertz CT molecular complexity index is 942. The fourth-order valence-electron chi connectivity index (χ4n) is 2.27. The monoisotopic (exact) mass is 337 g/mol. The van der Waals surface area contributed by atoms with Gasteiger partial charge < -0.3 is 4.42 Å². The van der Waals surface area contributed by atoms with Gasteiger partial charge in [0.2, 0.25) is 5.17 Å². The third-order valence-electron chi connectivity index (χ3n) is 3.41. The van der Waals surface area contributed by atoms with Crippen LogP contribution in [0.3, 0.4) is 0 Å². The zero-order chi connectivity index (χ0) is 16.7. The number of thioether (sulfide) groups is 1.